The zero-order valence-electron chi connectivity index (χ0n) is 17.2. The van der Waals surface area contributed by atoms with Crippen LogP contribution >= 0.6 is 23.2 Å². The van der Waals surface area contributed by atoms with E-state index in [0.717, 1.165) is 0 Å². The fraction of sp³-hybridized carbons (Fsp3) is 0.304. The molecule has 0 spiro atoms. The van der Waals surface area contributed by atoms with Crippen LogP contribution in [0.5, 0.6) is 5.75 Å². The first kappa shape index (κ1) is 23.1. The number of likely N-dealkylation sites (tertiary alicyclic amines) is 1. The fourth-order valence-corrected chi connectivity index (χ4v) is 3.86. The molecule has 1 fully saturated rings. The van der Waals surface area contributed by atoms with Gasteiger partial charge in [-0.2, -0.15) is 0 Å². The quantitative estimate of drug-likeness (QED) is 0.262. The second-order valence-electron chi connectivity index (χ2n) is 6.97. The van der Waals surface area contributed by atoms with Crippen LogP contribution < -0.4 is 4.74 Å². The Morgan fingerprint density at radius 1 is 1.10 bits per heavy atom. The Kier molecular flexibility index (Phi) is 7.59. The number of hydrogen-bond acceptors (Lipinski definition) is 5. The predicted molar refractivity (Wildman–Crippen MR) is 120 cm³/mol. The Bertz CT molecular complexity index is 1000. The summed E-state index contributed by atoms with van der Waals surface area (Å²) in [5.41, 5.74) is 0.992. The molecule has 0 aliphatic carbocycles. The number of hydrogen-bond donors (Lipinski definition) is 1. The molecule has 1 heterocycles. The van der Waals surface area contributed by atoms with Crippen LogP contribution in [0.3, 0.4) is 0 Å². The number of benzene rings is 2. The third-order valence-corrected chi connectivity index (χ3v) is 5.72. The fourth-order valence-electron chi connectivity index (χ4n) is 3.55. The first-order chi connectivity index (χ1) is 14.9. The lowest BCUT2D eigenvalue weighted by Gasteiger charge is -2.25. The molecule has 0 saturated carbocycles. The Labute approximate surface area is 191 Å². The van der Waals surface area contributed by atoms with Crippen LogP contribution in [-0.2, 0) is 14.3 Å². The van der Waals surface area contributed by atoms with Crippen molar-refractivity contribution in [3.8, 4) is 5.75 Å². The van der Waals surface area contributed by atoms with E-state index < -0.39 is 17.7 Å². The molecule has 1 N–H and O–H groups in total. The van der Waals surface area contributed by atoms with Gasteiger partial charge in [-0.15, -0.1) is 0 Å². The van der Waals surface area contributed by atoms with Crippen molar-refractivity contribution in [3.63, 3.8) is 0 Å². The third kappa shape index (κ3) is 4.87. The van der Waals surface area contributed by atoms with E-state index in [9.17, 15) is 14.7 Å². The van der Waals surface area contributed by atoms with Gasteiger partial charge < -0.3 is 19.5 Å². The molecule has 3 rings (SSSR count). The average Bonchev–Trinajstić information content (AvgIpc) is 3.01. The largest absolute Gasteiger partial charge is 0.507 e. The summed E-state index contributed by atoms with van der Waals surface area (Å²) in [6.07, 6.45) is 0.532. The van der Waals surface area contributed by atoms with Crippen molar-refractivity contribution in [2.75, 3.05) is 26.9 Å². The van der Waals surface area contributed by atoms with Crippen LogP contribution in [0.1, 0.15) is 30.5 Å². The van der Waals surface area contributed by atoms with E-state index in [2.05, 4.69) is 0 Å². The Morgan fingerprint density at radius 2 is 1.81 bits per heavy atom. The molecule has 6 nitrogen and oxygen atoms in total. The maximum Gasteiger partial charge on any atom is 0.295 e. The number of carbonyl (C=O) groups excluding carboxylic acids is 2. The van der Waals surface area contributed by atoms with Gasteiger partial charge >= 0.3 is 0 Å². The number of amides is 1. The molecule has 0 unspecified atom stereocenters. The molecule has 2 aromatic rings. The van der Waals surface area contributed by atoms with Crippen molar-refractivity contribution in [2.24, 2.45) is 0 Å². The molecule has 164 valence electrons. The smallest absolute Gasteiger partial charge is 0.295 e. The van der Waals surface area contributed by atoms with Gasteiger partial charge in [-0.3, -0.25) is 9.59 Å². The Morgan fingerprint density at radius 3 is 2.42 bits per heavy atom. The number of nitrogens with zero attached hydrogens (tertiary/aromatic N) is 1. The molecule has 31 heavy (non-hydrogen) atoms. The summed E-state index contributed by atoms with van der Waals surface area (Å²) in [6.45, 7) is 3.09. The number of ether oxygens (including phenoxy) is 2. The van der Waals surface area contributed by atoms with Crippen LogP contribution in [0.4, 0.5) is 0 Å². The van der Waals surface area contributed by atoms with Crippen LogP contribution in [0.25, 0.3) is 5.76 Å². The molecule has 0 radical (unpaired) electrons. The van der Waals surface area contributed by atoms with Gasteiger partial charge in [0.15, 0.2) is 0 Å². The topological polar surface area (TPSA) is 76.1 Å². The highest BCUT2D eigenvalue weighted by molar-refractivity contribution is 6.46. The van der Waals surface area contributed by atoms with E-state index in [1.54, 1.807) is 49.6 Å². The molecule has 8 heteroatoms. The Balaban J connectivity index is 2.09. The average molecular weight is 464 g/mol. The summed E-state index contributed by atoms with van der Waals surface area (Å²) in [6, 6.07) is 10.8. The predicted octanol–water partition coefficient (Wildman–Crippen LogP) is 4.85. The van der Waals surface area contributed by atoms with Crippen molar-refractivity contribution >= 4 is 40.7 Å². The number of aliphatic hydroxyl groups is 1. The van der Waals surface area contributed by atoms with E-state index >= 15 is 0 Å². The van der Waals surface area contributed by atoms with Crippen molar-refractivity contribution in [3.05, 3.63) is 69.2 Å². The Hall–Kier alpha value is -2.54. The van der Waals surface area contributed by atoms with E-state index in [0.29, 0.717) is 46.6 Å². The summed E-state index contributed by atoms with van der Waals surface area (Å²) < 4.78 is 10.5. The molecular weight excluding hydrogens is 441 g/mol. The summed E-state index contributed by atoms with van der Waals surface area (Å²) in [5, 5.41) is 11.7. The minimum atomic E-state index is -0.793. The van der Waals surface area contributed by atoms with E-state index in [4.69, 9.17) is 32.7 Å². The monoisotopic (exact) mass is 463 g/mol. The molecule has 0 bridgehead atoms. The highest BCUT2D eigenvalue weighted by Gasteiger charge is 2.45. The maximum absolute atomic E-state index is 12.9. The number of methoxy groups -OCH3 is 1. The minimum absolute atomic E-state index is 0.00460. The number of ketones is 1. The summed E-state index contributed by atoms with van der Waals surface area (Å²) in [5.74, 6) is -1.05. The minimum Gasteiger partial charge on any atom is -0.507 e. The molecule has 0 aromatic heterocycles. The van der Waals surface area contributed by atoms with Gasteiger partial charge in [-0.25, -0.2) is 0 Å². The second kappa shape index (κ2) is 10.2. The van der Waals surface area contributed by atoms with Gasteiger partial charge in [0.1, 0.15) is 11.5 Å². The van der Waals surface area contributed by atoms with Gasteiger partial charge in [0.25, 0.3) is 11.7 Å². The number of rotatable bonds is 8. The summed E-state index contributed by atoms with van der Waals surface area (Å²) >= 11 is 12.2. The molecular formula is C23H23Cl2NO5. The SMILES string of the molecule is CCOc1ccc(C(O)=C2C(=O)C(=O)N(CCCOC)[C@@H]2c2ccc(Cl)c(Cl)c2)cc1. The van der Waals surface area contributed by atoms with Gasteiger partial charge in [-0.05, 0) is 55.3 Å². The number of halogens is 2. The van der Waals surface area contributed by atoms with Crippen molar-refractivity contribution in [1.29, 1.82) is 0 Å². The van der Waals surface area contributed by atoms with Crippen molar-refractivity contribution in [2.45, 2.75) is 19.4 Å². The summed E-state index contributed by atoms with van der Waals surface area (Å²) in [4.78, 5) is 27.2. The molecule has 2 aromatic carbocycles. The second-order valence-corrected chi connectivity index (χ2v) is 7.78. The zero-order valence-corrected chi connectivity index (χ0v) is 18.7. The zero-order chi connectivity index (χ0) is 22.5. The third-order valence-electron chi connectivity index (χ3n) is 4.99. The van der Waals surface area contributed by atoms with Crippen LogP contribution in [0, 0.1) is 0 Å². The molecule has 1 amide bonds. The van der Waals surface area contributed by atoms with Crippen LogP contribution in [-0.4, -0.2) is 48.6 Å². The van der Waals surface area contributed by atoms with Gasteiger partial charge in [-0.1, -0.05) is 29.3 Å². The lowest BCUT2D eigenvalue weighted by molar-refractivity contribution is -0.140. The molecule has 1 atom stereocenters. The molecule has 1 saturated heterocycles. The van der Waals surface area contributed by atoms with Crippen LogP contribution in [0.15, 0.2) is 48.0 Å². The van der Waals surface area contributed by atoms with Gasteiger partial charge in [0.2, 0.25) is 0 Å². The van der Waals surface area contributed by atoms with E-state index in [1.807, 2.05) is 6.92 Å². The van der Waals surface area contributed by atoms with Crippen molar-refractivity contribution < 1.29 is 24.2 Å². The van der Waals surface area contributed by atoms with Gasteiger partial charge in [0.05, 0.1) is 28.3 Å². The van der Waals surface area contributed by atoms with Crippen LogP contribution in [0.2, 0.25) is 10.0 Å². The summed E-state index contributed by atoms with van der Waals surface area (Å²) in [7, 11) is 1.57. The normalized spacial score (nSPS) is 17.9. The van der Waals surface area contributed by atoms with E-state index in [-0.39, 0.29) is 17.9 Å². The maximum atomic E-state index is 12.9. The first-order valence-corrected chi connectivity index (χ1v) is 10.6. The number of Topliss-reactive ketones (excluding diaryl/α,β-unsaturated/α-hetero) is 1. The van der Waals surface area contributed by atoms with Crippen molar-refractivity contribution in [1.82, 2.24) is 4.90 Å². The standard InChI is InChI=1S/C23H23Cl2NO5/c1-3-31-16-8-5-14(6-9-16)21(27)19-20(15-7-10-17(24)18(25)13-15)26(11-4-12-30-2)23(29)22(19)28/h5-10,13,20,27H,3-4,11-12H2,1-2H3/t20-/m1/s1. The van der Waals surface area contributed by atoms with E-state index in [1.165, 1.54) is 4.90 Å². The highest BCUT2D eigenvalue weighted by Crippen LogP contribution is 2.41. The number of aliphatic hydroxyl groups excluding tert-OH is 1. The van der Waals surface area contributed by atoms with Gasteiger partial charge in [0, 0.05) is 25.8 Å². The lowest BCUT2D eigenvalue weighted by atomic mass is 9.95. The lowest BCUT2D eigenvalue weighted by Crippen LogP contribution is -2.31. The molecule has 1 aliphatic heterocycles. The molecule has 1 aliphatic rings. The first-order valence-electron chi connectivity index (χ1n) is 9.84. The highest BCUT2D eigenvalue weighted by atomic mass is 35.5. The number of carbonyl (C=O) groups is 2.